The Balaban J connectivity index is 4.22. The summed E-state index contributed by atoms with van der Waals surface area (Å²) in [5.41, 5.74) is 0. The Bertz CT molecular complexity index is 437. The number of rotatable bonds is 7. The largest absolute Gasteiger partial charge is 0.479 e. The average molecular weight is 275 g/mol. The van der Waals surface area contributed by atoms with E-state index in [4.69, 9.17) is 10.2 Å². The molecule has 0 amide bonds. The number of sulfonamides is 1. The third kappa shape index (κ3) is 7.56. The molecule has 0 aliphatic carbocycles. The van der Waals surface area contributed by atoms with Crippen LogP contribution in [-0.2, 0) is 24.7 Å². The molecule has 0 bridgehead atoms. The Morgan fingerprint density at radius 2 is 1.75 bits per heavy atom. The smallest absolute Gasteiger partial charge is 0.333 e. The average Bonchev–Trinajstić information content (AvgIpc) is 2.10. The molecule has 0 heterocycles. The van der Waals surface area contributed by atoms with E-state index in [1.165, 1.54) is 0 Å². The van der Waals surface area contributed by atoms with Gasteiger partial charge in [0.05, 0.1) is 11.5 Å². The van der Waals surface area contributed by atoms with Crippen LogP contribution in [0, 0.1) is 0 Å². The second-order valence-electron chi connectivity index (χ2n) is 3.15. The number of nitrogens with one attached hydrogen (secondary N) is 1. The van der Waals surface area contributed by atoms with E-state index in [0.717, 1.165) is 6.26 Å². The van der Waals surface area contributed by atoms with E-state index < -0.39 is 50.0 Å². The highest BCUT2D eigenvalue weighted by molar-refractivity contribution is 7.93. The minimum Gasteiger partial charge on any atom is -0.479 e. The number of aliphatic carboxylic acids is 1. The Labute approximate surface area is 93.2 Å². The number of carboxylic acid groups (broad SMARTS) is 1. The molecule has 3 N–H and O–H groups in total. The van der Waals surface area contributed by atoms with Crippen molar-refractivity contribution in [2.24, 2.45) is 0 Å². The maximum absolute atomic E-state index is 11.1. The molecule has 0 aromatic heterocycles. The van der Waals surface area contributed by atoms with Crippen molar-refractivity contribution in [3.05, 3.63) is 0 Å². The zero-order valence-electron chi connectivity index (χ0n) is 8.45. The van der Waals surface area contributed by atoms with Crippen molar-refractivity contribution in [1.29, 1.82) is 0 Å². The molecular weight excluding hydrogens is 262 g/mol. The van der Waals surface area contributed by atoms with E-state index in [9.17, 15) is 21.6 Å². The van der Waals surface area contributed by atoms with Gasteiger partial charge in [0.1, 0.15) is 9.84 Å². The van der Waals surface area contributed by atoms with E-state index in [2.05, 4.69) is 0 Å². The molecule has 0 radical (unpaired) electrons. The standard InChI is InChI=1S/C6H13NO7S2/c1-15(11,12)2-3-16(13,14)7-4-5(8)6(9)10/h5,7-8H,2-4H2,1H3,(H,9,10). The number of hydrogen-bond donors (Lipinski definition) is 3. The zero-order valence-corrected chi connectivity index (χ0v) is 10.1. The predicted octanol–water partition coefficient (Wildman–Crippen LogP) is -2.60. The lowest BCUT2D eigenvalue weighted by Crippen LogP contribution is -2.38. The highest BCUT2D eigenvalue weighted by atomic mass is 32.2. The molecule has 1 atom stereocenters. The minimum absolute atomic E-state index is 0.564. The van der Waals surface area contributed by atoms with Gasteiger partial charge in [0.25, 0.3) is 0 Å². The van der Waals surface area contributed by atoms with Crippen molar-refractivity contribution >= 4 is 25.8 Å². The predicted molar refractivity (Wildman–Crippen MR) is 55.1 cm³/mol. The van der Waals surface area contributed by atoms with Gasteiger partial charge >= 0.3 is 5.97 Å². The summed E-state index contributed by atoms with van der Waals surface area (Å²) in [5, 5.41) is 17.0. The van der Waals surface area contributed by atoms with Crippen molar-refractivity contribution in [3.63, 3.8) is 0 Å². The van der Waals surface area contributed by atoms with Gasteiger partial charge in [0.2, 0.25) is 10.0 Å². The van der Waals surface area contributed by atoms with Crippen LogP contribution in [0.1, 0.15) is 0 Å². The van der Waals surface area contributed by atoms with Crippen LogP contribution in [0.15, 0.2) is 0 Å². The molecule has 8 nitrogen and oxygen atoms in total. The maximum Gasteiger partial charge on any atom is 0.333 e. The van der Waals surface area contributed by atoms with Crippen LogP contribution in [0.4, 0.5) is 0 Å². The van der Waals surface area contributed by atoms with E-state index >= 15 is 0 Å². The van der Waals surface area contributed by atoms with Crippen molar-refractivity contribution in [1.82, 2.24) is 4.72 Å². The molecule has 0 saturated heterocycles. The lowest BCUT2D eigenvalue weighted by atomic mass is 10.4. The van der Waals surface area contributed by atoms with Gasteiger partial charge in [0, 0.05) is 12.8 Å². The van der Waals surface area contributed by atoms with E-state index in [-0.39, 0.29) is 0 Å². The molecule has 16 heavy (non-hydrogen) atoms. The number of aliphatic hydroxyl groups excluding tert-OH is 1. The molecule has 0 aliphatic rings. The molecule has 0 aromatic carbocycles. The van der Waals surface area contributed by atoms with Gasteiger partial charge in [0.15, 0.2) is 6.10 Å². The van der Waals surface area contributed by atoms with E-state index in [0.29, 0.717) is 0 Å². The second kappa shape index (κ2) is 5.57. The molecular formula is C6H13NO7S2. The van der Waals surface area contributed by atoms with E-state index in [1.807, 2.05) is 0 Å². The first kappa shape index (κ1) is 15.3. The van der Waals surface area contributed by atoms with Gasteiger partial charge in [-0.2, -0.15) is 0 Å². The van der Waals surface area contributed by atoms with Gasteiger partial charge in [-0.15, -0.1) is 0 Å². The van der Waals surface area contributed by atoms with Crippen molar-refractivity contribution in [2.75, 3.05) is 24.3 Å². The Hall–Kier alpha value is -0.710. The van der Waals surface area contributed by atoms with Crippen LogP contribution in [-0.4, -0.2) is 63.4 Å². The molecule has 0 aromatic rings. The minimum atomic E-state index is -3.90. The molecule has 0 fully saturated rings. The van der Waals surface area contributed by atoms with Crippen LogP contribution in [0.25, 0.3) is 0 Å². The maximum atomic E-state index is 11.1. The highest BCUT2D eigenvalue weighted by Crippen LogP contribution is 1.91. The van der Waals surface area contributed by atoms with Gasteiger partial charge in [-0.05, 0) is 0 Å². The molecule has 0 saturated carbocycles. The summed E-state index contributed by atoms with van der Waals surface area (Å²) in [6, 6.07) is 0. The first-order chi connectivity index (χ1) is 7.03. The number of sulfone groups is 1. The molecule has 0 rings (SSSR count). The van der Waals surface area contributed by atoms with Crippen LogP contribution in [0.3, 0.4) is 0 Å². The van der Waals surface area contributed by atoms with Crippen molar-refractivity contribution in [3.8, 4) is 0 Å². The third-order valence-electron chi connectivity index (χ3n) is 1.50. The van der Waals surface area contributed by atoms with Crippen LogP contribution in [0.2, 0.25) is 0 Å². The fourth-order valence-electron chi connectivity index (χ4n) is 0.626. The SMILES string of the molecule is CS(=O)(=O)CCS(=O)(=O)NCC(O)C(=O)O. The second-order valence-corrected chi connectivity index (χ2v) is 7.34. The summed E-state index contributed by atoms with van der Waals surface area (Å²) in [7, 11) is -7.31. The van der Waals surface area contributed by atoms with Crippen LogP contribution >= 0.6 is 0 Å². The molecule has 1 unspecified atom stereocenters. The van der Waals surface area contributed by atoms with Crippen LogP contribution in [0.5, 0.6) is 0 Å². The molecule has 10 heteroatoms. The normalized spacial score (nSPS) is 14.6. The van der Waals surface area contributed by atoms with Gasteiger partial charge < -0.3 is 10.2 Å². The zero-order chi connectivity index (χ0) is 13.0. The summed E-state index contributed by atoms with van der Waals surface area (Å²) in [6.07, 6.45) is -0.970. The van der Waals surface area contributed by atoms with Crippen LogP contribution < -0.4 is 4.72 Å². The summed E-state index contributed by atoms with van der Waals surface area (Å²) in [4.78, 5) is 10.2. The molecule has 96 valence electrons. The molecule has 0 spiro atoms. The van der Waals surface area contributed by atoms with Gasteiger partial charge in [-0.1, -0.05) is 0 Å². The topological polar surface area (TPSA) is 138 Å². The third-order valence-corrected chi connectivity index (χ3v) is 4.06. The lowest BCUT2D eigenvalue weighted by Gasteiger charge is -2.08. The highest BCUT2D eigenvalue weighted by Gasteiger charge is 2.19. The summed E-state index contributed by atoms with van der Waals surface area (Å²) in [6.45, 7) is -0.693. The summed E-state index contributed by atoms with van der Waals surface area (Å²) < 4.78 is 45.4. The van der Waals surface area contributed by atoms with Crippen molar-refractivity contribution < 1.29 is 31.8 Å². The van der Waals surface area contributed by atoms with Gasteiger partial charge in [-0.25, -0.2) is 26.4 Å². The lowest BCUT2D eigenvalue weighted by molar-refractivity contribution is -0.146. The van der Waals surface area contributed by atoms with E-state index in [1.54, 1.807) is 4.72 Å². The van der Waals surface area contributed by atoms with Crippen molar-refractivity contribution in [2.45, 2.75) is 6.10 Å². The Morgan fingerprint density at radius 3 is 2.12 bits per heavy atom. The summed E-state index contributed by atoms with van der Waals surface area (Å²) >= 11 is 0. The number of hydrogen-bond acceptors (Lipinski definition) is 6. The Kier molecular flexibility index (Phi) is 5.32. The quantitative estimate of drug-likeness (QED) is 0.463. The Morgan fingerprint density at radius 1 is 1.25 bits per heavy atom. The van der Waals surface area contributed by atoms with Gasteiger partial charge in [-0.3, -0.25) is 0 Å². The monoisotopic (exact) mass is 275 g/mol. The summed E-state index contributed by atoms with van der Waals surface area (Å²) in [5.74, 6) is -2.80. The first-order valence-corrected chi connectivity index (χ1v) is 7.81. The molecule has 0 aliphatic heterocycles. The fraction of sp³-hybridized carbons (Fsp3) is 0.833. The number of carbonyl (C=O) groups is 1. The number of carboxylic acids is 1. The first-order valence-electron chi connectivity index (χ1n) is 4.09. The fourth-order valence-corrected chi connectivity index (χ4v) is 3.27. The number of aliphatic hydroxyl groups is 1.